The highest BCUT2D eigenvalue weighted by Crippen LogP contribution is 2.24. The maximum absolute atomic E-state index is 12.4. The van der Waals surface area contributed by atoms with Gasteiger partial charge in [0.2, 0.25) is 11.1 Å². The molecule has 0 bridgehead atoms. The van der Waals surface area contributed by atoms with E-state index in [2.05, 4.69) is 22.1 Å². The van der Waals surface area contributed by atoms with Gasteiger partial charge < -0.3 is 4.90 Å². The molecule has 1 aliphatic heterocycles. The van der Waals surface area contributed by atoms with E-state index in [0.29, 0.717) is 17.0 Å². The molecule has 0 spiro atoms. The van der Waals surface area contributed by atoms with E-state index in [-0.39, 0.29) is 5.91 Å². The lowest BCUT2D eigenvalue weighted by atomic mass is 10.0. The zero-order valence-electron chi connectivity index (χ0n) is 12.6. The number of amides is 1. The van der Waals surface area contributed by atoms with Crippen molar-refractivity contribution < 1.29 is 4.79 Å². The number of thioether (sulfide) groups is 1. The van der Waals surface area contributed by atoms with Gasteiger partial charge >= 0.3 is 0 Å². The molecule has 2 aromatic heterocycles. The molecule has 3 heterocycles. The number of nitrogens with zero attached hydrogens (tertiary/aromatic N) is 3. The van der Waals surface area contributed by atoms with Gasteiger partial charge in [-0.1, -0.05) is 24.8 Å². The average molecular weight is 336 g/mol. The van der Waals surface area contributed by atoms with E-state index in [9.17, 15) is 4.79 Å². The first-order valence-corrected chi connectivity index (χ1v) is 9.53. The van der Waals surface area contributed by atoms with Crippen LogP contribution in [0.3, 0.4) is 0 Å². The predicted octanol–water partition coefficient (Wildman–Crippen LogP) is 3.42. The molecule has 0 aromatic carbocycles. The molecule has 118 valence electrons. The summed E-state index contributed by atoms with van der Waals surface area (Å²) in [5.41, 5.74) is 0. The van der Waals surface area contributed by atoms with E-state index in [1.165, 1.54) is 18.2 Å². The molecule has 1 saturated heterocycles. The minimum Gasteiger partial charge on any atom is -0.339 e. The van der Waals surface area contributed by atoms with Gasteiger partial charge in [-0.3, -0.25) is 9.89 Å². The van der Waals surface area contributed by atoms with Gasteiger partial charge in [0.05, 0.1) is 10.6 Å². The number of hydrogen-bond acceptors (Lipinski definition) is 5. The molecular formula is C15H20N4OS2. The summed E-state index contributed by atoms with van der Waals surface area (Å²) in [4.78, 5) is 20.0. The summed E-state index contributed by atoms with van der Waals surface area (Å²) in [6, 6.07) is 4.40. The van der Waals surface area contributed by atoms with Gasteiger partial charge in [0.15, 0.2) is 5.82 Å². The van der Waals surface area contributed by atoms with E-state index in [0.717, 1.165) is 36.5 Å². The Morgan fingerprint density at radius 1 is 1.55 bits per heavy atom. The summed E-state index contributed by atoms with van der Waals surface area (Å²) in [6.07, 6.45) is 4.53. The molecule has 0 aliphatic carbocycles. The fourth-order valence-electron chi connectivity index (χ4n) is 2.80. The largest absolute Gasteiger partial charge is 0.339 e. The standard InChI is InChI=1S/C15H20N4OS2/c1-2-11-6-3-4-8-19(11)13(20)10-22-15-16-14(17-18-15)12-7-5-9-21-12/h5,7,9,11H,2-4,6,8,10H2,1H3,(H,16,17,18)/t11-/m1/s1. The smallest absolute Gasteiger partial charge is 0.233 e. The van der Waals surface area contributed by atoms with Crippen LogP contribution >= 0.6 is 23.1 Å². The van der Waals surface area contributed by atoms with E-state index >= 15 is 0 Å². The molecule has 1 amide bonds. The van der Waals surface area contributed by atoms with Gasteiger partial charge in [-0.25, -0.2) is 4.98 Å². The summed E-state index contributed by atoms with van der Waals surface area (Å²) >= 11 is 3.03. The number of aromatic amines is 1. The third-order valence-electron chi connectivity index (χ3n) is 3.96. The Hall–Kier alpha value is -1.34. The molecule has 0 unspecified atom stereocenters. The van der Waals surface area contributed by atoms with Crippen molar-refractivity contribution in [1.29, 1.82) is 0 Å². The molecule has 1 aliphatic rings. The third kappa shape index (κ3) is 3.52. The molecule has 5 nitrogen and oxygen atoms in total. The van der Waals surface area contributed by atoms with Crippen molar-refractivity contribution in [2.75, 3.05) is 12.3 Å². The Bertz CT molecular complexity index is 611. The first-order chi connectivity index (χ1) is 10.8. The normalized spacial score (nSPS) is 18.6. The molecule has 1 atom stereocenters. The van der Waals surface area contributed by atoms with Crippen molar-refractivity contribution in [3.63, 3.8) is 0 Å². The van der Waals surface area contributed by atoms with Crippen LogP contribution in [-0.2, 0) is 4.79 Å². The lowest BCUT2D eigenvalue weighted by Crippen LogP contribution is -2.44. The van der Waals surface area contributed by atoms with Crippen LogP contribution in [0.25, 0.3) is 10.7 Å². The minimum absolute atomic E-state index is 0.207. The minimum atomic E-state index is 0.207. The summed E-state index contributed by atoms with van der Waals surface area (Å²) < 4.78 is 0. The lowest BCUT2D eigenvalue weighted by Gasteiger charge is -2.35. The van der Waals surface area contributed by atoms with Crippen LogP contribution in [0.4, 0.5) is 0 Å². The first kappa shape index (κ1) is 15.6. The number of rotatable bonds is 5. The number of nitrogens with one attached hydrogen (secondary N) is 1. The molecule has 1 fully saturated rings. The maximum atomic E-state index is 12.4. The molecule has 2 aromatic rings. The number of carbonyl (C=O) groups excluding carboxylic acids is 1. The average Bonchev–Trinajstić information content (AvgIpc) is 3.23. The number of carbonyl (C=O) groups is 1. The molecular weight excluding hydrogens is 316 g/mol. The third-order valence-corrected chi connectivity index (χ3v) is 5.67. The van der Waals surface area contributed by atoms with Gasteiger partial charge in [-0.15, -0.1) is 16.4 Å². The lowest BCUT2D eigenvalue weighted by molar-refractivity contribution is -0.132. The Labute approximate surface area is 138 Å². The van der Waals surface area contributed by atoms with E-state index in [1.807, 2.05) is 22.4 Å². The van der Waals surface area contributed by atoms with E-state index in [1.54, 1.807) is 11.3 Å². The number of thiophene rings is 1. The van der Waals surface area contributed by atoms with Crippen LogP contribution in [0.5, 0.6) is 0 Å². The van der Waals surface area contributed by atoms with Crippen LogP contribution in [0, 0.1) is 0 Å². The highest BCUT2D eigenvalue weighted by molar-refractivity contribution is 7.99. The highest BCUT2D eigenvalue weighted by Gasteiger charge is 2.25. The van der Waals surface area contributed by atoms with Gasteiger partial charge in [0.25, 0.3) is 0 Å². The number of likely N-dealkylation sites (tertiary alicyclic amines) is 1. The van der Waals surface area contributed by atoms with Crippen molar-refractivity contribution in [3.8, 4) is 10.7 Å². The molecule has 22 heavy (non-hydrogen) atoms. The zero-order chi connectivity index (χ0) is 15.4. The van der Waals surface area contributed by atoms with Crippen molar-refractivity contribution in [3.05, 3.63) is 17.5 Å². The number of piperidine rings is 1. The topological polar surface area (TPSA) is 61.9 Å². The van der Waals surface area contributed by atoms with Crippen LogP contribution in [0.2, 0.25) is 0 Å². The quantitative estimate of drug-likeness (QED) is 0.850. The van der Waals surface area contributed by atoms with Gasteiger partial charge in [0.1, 0.15) is 0 Å². The SMILES string of the molecule is CC[C@@H]1CCCCN1C(=O)CSc1n[nH]c(-c2cccs2)n1. The molecule has 0 saturated carbocycles. The van der Waals surface area contributed by atoms with Crippen molar-refractivity contribution in [1.82, 2.24) is 20.1 Å². The molecule has 3 rings (SSSR count). The van der Waals surface area contributed by atoms with Gasteiger partial charge in [0, 0.05) is 12.6 Å². The van der Waals surface area contributed by atoms with Crippen LogP contribution in [0.15, 0.2) is 22.7 Å². The number of hydrogen-bond donors (Lipinski definition) is 1. The van der Waals surface area contributed by atoms with Gasteiger partial charge in [-0.2, -0.15) is 0 Å². The Morgan fingerprint density at radius 3 is 3.23 bits per heavy atom. The second-order valence-electron chi connectivity index (χ2n) is 5.38. The number of H-pyrrole nitrogens is 1. The van der Waals surface area contributed by atoms with E-state index < -0.39 is 0 Å². The summed E-state index contributed by atoms with van der Waals surface area (Å²) in [6.45, 7) is 3.05. The second-order valence-corrected chi connectivity index (χ2v) is 7.27. The maximum Gasteiger partial charge on any atom is 0.233 e. The highest BCUT2D eigenvalue weighted by atomic mass is 32.2. The summed E-state index contributed by atoms with van der Waals surface area (Å²) in [5.74, 6) is 1.39. The van der Waals surface area contributed by atoms with Crippen molar-refractivity contribution in [2.45, 2.75) is 43.8 Å². The van der Waals surface area contributed by atoms with Crippen molar-refractivity contribution >= 4 is 29.0 Å². The Balaban J connectivity index is 1.57. The molecule has 1 N–H and O–H groups in total. The Morgan fingerprint density at radius 2 is 2.45 bits per heavy atom. The van der Waals surface area contributed by atoms with E-state index in [4.69, 9.17) is 0 Å². The summed E-state index contributed by atoms with van der Waals surface area (Å²) in [7, 11) is 0. The fraction of sp³-hybridized carbons (Fsp3) is 0.533. The molecule has 7 heteroatoms. The monoisotopic (exact) mass is 336 g/mol. The Kier molecular flexibility index (Phi) is 5.15. The first-order valence-electron chi connectivity index (χ1n) is 7.66. The zero-order valence-corrected chi connectivity index (χ0v) is 14.3. The predicted molar refractivity (Wildman–Crippen MR) is 90.1 cm³/mol. The number of aromatic nitrogens is 3. The fourth-order valence-corrected chi connectivity index (χ4v) is 4.15. The second kappa shape index (κ2) is 7.28. The van der Waals surface area contributed by atoms with Crippen LogP contribution < -0.4 is 0 Å². The van der Waals surface area contributed by atoms with Crippen molar-refractivity contribution in [2.24, 2.45) is 0 Å². The van der Waals surface area contributed by atoms with Crippen LogP contribution in [0.1, 0.15) is 32.6 Å². The van der Waals surface area contributed by atoms with Crippen LogP contribution in [-0.4, -0.2) is 44.3 Å². The summed E-state index contributed by atoms with van der Waals surface area (Å²) in [5, 5.41) is 9.78. The molecule has 0 radical (unpaired) electrons. The van der Waals surface area contributed by atoms with Gasteiger partial charge in [-0.05, 0) is 37.1 Å².